The lowest BCUT2D eigenvalue weighted by Gasteiger charge is -2.36. The van der Waals surface area contributed by atoms with Gasteiger partial charge in [-0.25, -0.2) is 12.7 Å². The van der Waals surface area contributed by atoms with Crippen molar-refractivity contribution in [1.29, 1.82) is 0 Å². The monoisotopic (exact) mass is 372 g/mol. The van der Waals surface area contributed by atoms with Crippen molar-refractivity contribution in [1.82, 2.24) is 9.21 Å². The predicted molar refractivity (Wildman–Crippen MR) is 101 cm³/mol. The van der Waals surface area contributed by atoms with Crippen LogP contribution < -0.4 is 0 Å². The summed E-state index contributed by atoms with van der Waals surface area (Å²) < 4.78 is 24.8. The van der Waals surface area contributed by atoms with Crippen LogP contribution in [0.25, 0.3) is 0 Å². The first-order valence-corrected chi connectivity index (χ1v) is 11.0. The minimum Gasteiger partial charge on any atom is -0.300 e. The van der Waals surface area contributed by atoms with E-state index in [-0.39, 0.29) is 0 Å². The Labute approximate surface area is 151 Å². The molecule has 1 heterocycles. The molecule has 0 saturated carbocycles. The third kappa shape index (κ3) is 5.73. The van der Waals surface area contributed by atoms with E-state index in [0.717, 1.165) is 37.4 Å². The fraction of sp³-hybridized carbons (Fsp3) is 0.667. The van der Waals surface area contributed by atoms with E-state index < -0.39 is 10.0 Å². The molecular formula is C18H29ClN2O2S. The molecule has 0 N–H and O–H groups in total. The summed E-state index contributed by atoms with van der Waals surface area (Å²) in [4.78, 5) is 2.50. The van der Waals surface area contributed by atoms with Gasteiger partial charge in [0.25, 0.3) is 0 Å². The Bertz CT molecular complexity index is 628. The van der Waals surface area contributed by atoms with Crippen LogP contribution in [-0.2, 0) is 16.4 Å². The number of hydrogen-bond donors (Lipinski definition) is 0. The molecule has 0 aromatic heterocycles. The predicted octanol–water partition coefficient (Wildman–Crippen LogP) is 3.26. The molecule has 0 spiro atoms. The molecule has 136 valence electrons. The highest BCUT2D eigenvalue weighted by Crippen LogP contribution is 2.22. The van der Waals surface area contributed by atoms with E-state index in [9.17, 15) is 8.42 Å². The van der Waals surface area contributed by atoms with Gasteiger partial charge in [-0.3, -0.25) is 0 Å². The van der Waals surface area contributed by atoms with E-state index in [1.54, 1.807) is 4.31 Å². The van der Waals surface area contributed by atoms with Crippen LogP contribution in [0, 0.1) is 5.92 Å². The summed E-state index contributed by atoms with van der Waals surface area (Å²) in [5, 5.41) is 0.788. The fourth-order valence-corrected chi connectivity index (χ4v) is 4.60. The van der Waals surface area contributed by atoms with E-state index in [4.69, 9.17) is 11.6 Å². The maximum Gasteiger partial charge on any atom is 0.211 e. The number of hydrogen-bond acceptors (Lipinski definition) is 3. The summed E-state index contributed by atoms with van der Waals surface area (Å²) >= 11 is 6.08. The summed E-state index contributed by atoms with van der Waals surface area (Å²) in [6.45, 7) is 7.81. The quantitative estimate of drug-likeness (QED) is 0.737. The number of piperidine rings is 1. The molecular weight excluding hydrogens is 344 g/mol. The molecule has 1 atom stereocenters. The molecule has 1 fully saturated rings. The van der Waals surface area contributed by atoms with Crippen molar-refractivity contribution in [3.63, 3.8) is 0 Å². The lowest BCUT2D eigenvalue weighted by atomic mass is 9.96. The molecule has 0 radical (unpaired) electrons. The van der Waals surface area contributed by atoms with Crippen molar-refractivity contribution in [3.05, 3.63) is 34.9 Å². The van der Waals surface area contributed by atoms with Gasteiger partial charge in [0.1, 0.15) is 0 Å². The molecule has 1 aromatic rings. The smallest absolute Gasteiger partial charge is 0.211 e. The highest BCUT2D eigenvalue weighted by Gasteiger charge is 2.26. The SMILES string of the molecule is CCN(CC1CCN(S(C)(=O)=O)CC1)[C@@H](C)Cc1cccc(Cl)c1. The van der Waals surface area contributed by atoms with Gasteiger partial charge in [0.15, 0.2) is 0 Å². The Hall–Kier alpha value is -0.620. The maximum atomic E-state index is 11.6. The van der Waals surface area contributed by atoms with Crippen molar-refractivity contribution in [2.45, 2.75) is 39.2 Å². The van der Waals surface area contributed by atoms with Gasteiger partial charge in [-0.1, -0.05) is 30.7 Å². The molecule has 24 heavy (non-hydrogen) atoms. The van der Waals surface area contributed by atoms with Crippen molar-refractivity contribution in [2.24, 2.45) is 5.92 Å². The van der Waals surface area contributed by atoms with Crippen molar-refractivity contribution in [3.8, 4) is 0 Å². The molecule has 1 aliphatic rings. The molecule has 2 rings (SSSR count). The Balaban J connectivity index is 1.88. The fourth-order valence-electron chi connectivity index (χ4n) is 3.51. The van der Waals surface area contributed by atoms with Gasteiger partial charge in [-0.2, -0.15) is 0 Å². The number of nitrogens with zero attached hydrogens (tertiary/aromatic N) is 2. The standard InChI is InChI=1S/C18H29ClN2O2S/c1-4-20(15(2)12-17-6-5-7-18(19)13-17)14-16-8-10-21(11-9-16)24(3,22)23/h5-7,13,15-16H,4,8-12,14H2,1-3H3/t15-/m0/s1. The first-order chi connectivity index (χ1) is 11.3. The second-order valence-electron chi connectivity index (χ2n) is 6.88. The Morgan fingerprint density at radius 2 is 2.00 bits per heavy atom. The summed E-state index contributed by atoms with van der Waals surface area (Å²) in [5.74, 6) is 0.574. The van der Waals surface area contributed by atoms with Crippen LogP contribution in [0.5, 0.6) is 0 Å². The number of sulfonamides is 1. The zero-order chi connectivity index (χ0) is 17.7. The van der Waals surface area contributed by atoms with Gasteiger partial charge in [0.05, 0.1) is 6.26 Å². The number of rotatable bonds is 7. The molecule has 1 saturated heterocycles. The van der Waals surface area contributed by atoms with Gasteiger partial charge in [0.2, 0.25) is 10.0 Å². The van der Waals surface area contributed by atoms with Crippen LogP contribution in [-0.4, -0.2) is 56.1 Å². The van der Waals surface area contributed by atoms with Crippen molar-refractivity contribution < 1.29 is 8.42 Å². The lowest BCUT2D eigenvalue weighted by Crippen LogP contribution is -2.43. The van der Waals surface area contributed by atoms with Crippen molar-refractivity contribution >= 4 is 21.6 Å². The molecule has 1 aromatic carbocycles. The maximum absolute atomic E-state index is 11.6. The third-order valence-electron chi connectivity index (χ3n) is 4.98. The zero-order valence-electron chi connectivity index (χ0n) is 14.9. The first-order valence-electron chi connectivity index (χ1n) is 8.73. The summed E-state index contributed by atoms with van der Waals surface area (Å²) in [6.07, 6.45) is 4.19. The molecule has 4 nitrogen and oxygen atoms in total. The molecule has 6 heteroatoms. The van der Waals surface area contributed by atoms with E-state index >= 15 is 0 Å². The van der Waals surface area contributed by atoms with Crippen LogP contribution in [0.1, 0.15) is 32.3 Å². The molecule has 0 amide bonds. The van der Waals surface area contributed by atoms with Crippen LogP contribution in [0.3, 0.4) is 0 Å². The van der Waals surface area contributed by atoms with Gasteiger partial charge < -0.3 is 4.90 Å². The second-order valence-corrected chi connectivity index (χ2v) is 9.29. The first kappa shape index (κ1) is 19.7. The van der Waals surface area contributed by atoms with Gasteiger partial charge >= 0.3 is 0 Å². The van der Waals surface area contributed by atoms with Crippen LogP contribution in [0.2, 0.25) is 5.02 Å². The normalized spacial score (nSPS) is 18.9. The van der Waals surface area contributed by atoms with Crippen LogP contribution in [0.4, 0.5) is 0 Å². The Morgan fingerprint density at radius 1 is 1.33 bits per heavy atom. The van der Waals surface area contributed by atoms with Crippen LogP contribution >= 0.6 is 11.6 Å². The molecule has 0 unspecified atom stereocenters. The largest absolute Gasteiger partial charge is 0.300 e. The molecule has 0 bridgehead atoms. The minimum absolute atomic E-state index is 0.446. The van der Waals surface area contributed by atoms with E-state index in [2.05, 4.69) is 24.8 Å². The number of likely N-dealkylation sites (N-methyl/N-ethyl adjacent to an activating group) is 1. The third-order valence-corrected chi connectivity index (χ3v) is 6.52. The molecule has 0 aliphatic carbocycles. The number of halogens is 1. The lowest BCUT2D eigenvalue weighted by molar-refractivity contribution is 0.152. The summed E-state index contributed by atoms with van der Waals surface area (Å²) in [5.41, 5.74) is 1.26. The average molecular weight is 373 g/mol. The zero-order valence-corrected chi connectivity index (χ0v) is 16.5. The van der Waals surface area contributed by atoms with Gasteiger partial charge in [-0.15, -0.1) is 0 Å². The topological polar surface area (TPSA) is 40.6 Å². The molecule has 1 aliphatic heterocycles. The van der Waals surface area contributed by atoms with Crippen molar-refractivity contribution in [2.75, 3.05) is 32.4 Å². The second kappa shape index (κ2) is 8.65. The van der Waals surface area contributed by atoms with E-state index in [1.807, 2.05) is 18.2 Å². The van der Waals surface area contributed by atoms with Gasteiger partial charge in [-0.05, 0) is 56.3 Å². The number of benzene rings is 1. The minimum atomic E-state index is -3.04. The van der Waals surface area contributed by atoms with Gasteiger partial charge in [0, 0.05) is 30.7 Å². The Kier molecular flexibility index (Phi) is 7.10. The summed E-state index contributed by atoms with van der Waals surface area (Å²) in [6, 6.07) is 8.52. The van der Waals surface area contributed by atoms with E-state index in [1.165, 1.54) is 11.8 Å². The highest BCUT2D eigenvalue weighted by molar-refractivity contribution is 7.88. The van der Waals surface area contributed by atoms with Crippen LogP contribution in [0.15, 0.2) is 24.3 Å². The average Bonchev–Trinajstić information content (AvgIpc) is 2.52. The van der Waals surface area contributed by atoms with E-state index in [0.29, 0.717) is 25.0 Å². The summed E-state index contributed by atoms with van der Waals surface area (Å²) in [7, 11) is -3.04. The Morgan fingerprint density at radius 3 is 2.54 bits per heavy atom. The highest BCUT2D eigenvalue weighted by atomic mass is 35.5.